The lowest BCUT2D eigenvalue weighted by molar-refractivity contribution is 0.102. The van der Waals surface area contributed by atoms with Gasteiger partial charge in [0.25, 0.3) is 5.91 Å². The number of benzene rings is 2. The predicted octanol–water partition coefficient (Wildman–Crippen LogP) is 3.81. The first-order valence-corrected chi connectivity index (χ1v) is 5.98. The maximum absolute atomic E-state index is 13.6. The van der Waals surface area contributed by atoms with Crippen molar-refractivity contribution >= 4 is 24.2 Å². The van der Waals surface area contributed by atoms with Crippen LogP contribution in [0.15, 0.2) is 41.3 Å². The molecule has 0 saturated carbocycles. The van der Waals surface area contributed by atoms with E-state index in [1.54, 1.807) is 13.0 Å². The number of carbonyl (C=O) groups is 1. The second-order valence-corrected chi connectivity index (χ2v) is 4.57. The summed E-state index contributed by atoms with van der Waals surface area (Å²) in [6, 6.07) is 8.30. The van der Waals surface area contributed by atoms with Gasteiger partial charge in [0.05, 0.1) is 11.3 Å². The number of para-hydroxylation sites is 1. The van der Waals surface area contributed by atoms with Crippen molar-refractivity contribution in [1.29, 1.82) is 0 Å². The highest BCUT2D eigenvalue weighted by molar-refractivity contribution is 7.80. The minimum absolute atomic E-state index is 0.0523. The minimum Gasteiger partial charge on any atom is -0.319 e. The Labute approximate surface area is 114 Å². The van der Waals surface area contributed by atoms with Crippen molar-refractivity contribution in [3.05, 3.63) is 59.2 Å². The topological polar surface area (TPSA) is 29.1 Å². The fraction of sp³-hybridized carbons (Fsp3) is 0.0714. The molecule has 1 N–H and O–H groups in total. The summed E-state index contributed by atoms with van der Waals surface area (Å²) in [7, 11) is 0. The Morgan fingerprint density at radius 2 is 1.89 bits per heavy atom. The molecule has 0 heterocycles. The molecule has 2 aromatic carbocycles. The van der Waals surface area contributed by atoms with E-state index < -0.39 is 17.5 Å². The molecule has 19 heavy (non-hydrogen) atoms. The van der Waals surface area contributed by atoms with E-state index in [0.29, 0.717) is 10.5 Å². The molecular formula is C14H11F2NOS. The molecule has 0 aliphatic carbocycles. The Morgan fingerprint density at radius 3 is 2.58 bits per heavy atom. The van der Waals surface area contributed by atoms with Crippen molar-refractivity contribution in [3.63, 3.8) is 0 Å². The molecule has 0 aliphatic heterocycles. The average Bonchev–Trinajstić information content (AvgIpc) is 2.37. The van der Waals surface area contributed by atoms with Gasteiger partial charge in [-0.05, 0) is 36.8 Å². The Bertz CT molecular complexity index is 623. The zero-order valence-electron chi connectivity index (χ0n) is 10.1. The Hall–Kier alpha value is -1.88. The zero-order chi connectivity index (χ0) is 14.0. The summed E-state index contributed by atoms with van der Waals surface area (Å²) < 4.78 is 27.1. The monoisotopic (exact) mass is 279 g/mol. The van der Waals surface area contributed by atoms with E-state index >= 15 is 0 Å². The molecule has 0 fully saturated rings. The van der Waals surface area contributed by atoms with Gasteiger partial charge in [0.1, 0.15) is 11.6 Å². The first-order chi connectivity index (χ1) is 8.99. The molecule has 2 aromatic rings. The fourth-order valence-electron chi connectivity index (χ4n) is 1.66. The van der Waals surface area contributed by atoms with Crippen LogP contribution in [0.1, 0.15) is 15.9 Å². The predicted molar refractivity (Wildman–Crippen MR) is 72.7 cm³/mol. The van der Waals surface area contributed by atoms with Gasteiger partial charge in [-0.3, -0.25) is 4.79 Å². The van der Waals surface area contributed by atoms with Gasteiger partial charge in [-0.1, -0.05) is 12.1 Å². The Kier molecular flexibility index (Phi) is 3.85. The van der Waals surface area contributed by atoms with Crippen LogP contribution in [0.5, 0.6) is 0 Å². The van der Waals surface area contributed by atoms with Gasteiger partial charge in [0.2, 0.25) is 0 Å². The summed E-state index contributed by atoms with van der Waals surface area (Å²) in [4.78, 5) is 12.4. The quantitative estimate of drug-likeness (QED) is 0.804. The summed E-state index contributed by atoms with van der Waals surface area (Å²) in [6.07, 6.45) is 0. The number of hydrogen-bond acceptors (Lipinski definition) is 2. The number of thiol groups is 1. The highest BCUT2D eigenvalue weighted by atomic mass is 32.1. The third-order valence-corrected chi connectivity index (χ3v) is 2.93. The van der Waals surface area contributed by atoms with Gasteiger partial charge in [-0.15, -0.1) is 12.6 Å². The fourth-order valence-corrected chi connectivity index (χ4v) is 1.86. The summed E-state index contributed by atoms with van der Waals surface area (Å²) >= 11 is 4.04. The molecule has 0 radical (unpaired) electrons. The van der Waals surface area contributed by atoms with Crippen molar-refractivity contribution in [2.75, 3.05) is 5.32 Å². The number of rotatable bonds is 2. The molecule has 0 unspecified atom stereocenters. The molecule has 0 bridgehead atoms. The van der Waals surface area contributed by atoms with Gasteiger partial charge in [0, 0.05) is 4.90 Å². The third kappa shape index (κ3) is 2.93. The number of amides is 1. The molecule has 5 heteroatoms. The van der Waals surface area contributed by atoms with Crippen molar-refractivity contribution in [2.24, 2.45) is 0 Å². The van der Waals surface area contributed by atoms with E-state index in [1.165, 1.54) is 24.3 Å². The lowest BCUT2D eigenvalue weighted by Crippen LogP contribution is -2.15. The molecule has 2 nitrogen and oxygen atoms in total. The van der Waals surface area contributed by atoms with Crippen LogP contribution in [0.4, 0.5) is 14.5 Å². The van der Waals surface area contributed by atoms with Crippen LogP contribution in [-0.4, -0.2) is 5.91 Å². The van der Waals surface area contributed by atoms with E-state index in [9.17, 15) is 13.6 Å². The number of carbonyl (C=O) groups excluding carboxylic acids is 1. The van der Waals surface area contributed by atoms with E-state index in [4.69, 9.17) is 0 Å². The van der Waals surface area contributed by atoms with Crippen molar-refractivity contribution in [2.45, 2.75) is 11.8 Å². The Balaban J connectivity index is 2.34. The van der Waals surface area contributed by atoms with Crippen molar-refractivity contribution in [3.8, 4) is 0 Å². The SMILES string of the molecule is Cc1cccc(F)c1NC(=O)c1cc(S)ccc1F. The van der Waals surface area contributed by atoms with Crippen LogP contribution in [0.3, 0.4) is 0 Å². The van der Waals surface area contributed by atoms with Crippen molar-refractivity contribution < 1.29 is 13.6 Å². The third-order valence-electron chi connectivity index (χ3n) is 2.66. The number of nitrogens with one attached hydrogen (secondary N) is 1. The number of anilines is 1. The molecule has 1 amide bonds. The summed E-state index contributed by atoms with van der Waals surface area (Å²) in [5.74, 6) is -1.94. The summed E-state index contributed by atoms with van der Waals surface area (Å²) in [5, 5.41) is 2.37. The molecule has 0 atom stereocenters. The highest BCUT2D eigenvalue weighted by Crippen LogP contribution is 2.21. The first-order valence-electron chi connectivity index (χ1n) is 5.54. The second kappa shape index (κ2) is 5.40. The van der Waals surface area contributed by atoms with E-state index in [2.05, 4.69) is 17.9 Å². The van der Waals surface area contributed by atoms with Crippen LogP contribution >= 0.6 is 12.6 Å². The lowest BCUT2D eigenvalue weighted by Gasteiger charge is -2.10. The molecule has 2 rings (SSSR count). The number of aryl methyl sites for hydroxylation is 1. The maximum Gasteiger partial charge on any atom is 0.258 e. The molecular weight excluding hydrogens is 268 g/mol. The zero-order valence-corrected chi connectivity index (χ0v) is 11.0. The normalized spacial score (nSPS) is 10.3. The van der Waals surface area contributed by atoms with E-state index in [0.717, 1.165) is 6.07 Å². The second-order valence-electron chi connectivity index (χ2n) is 4.05. The molecule has 0 spiro atoms. The standard InChI is InChI=1S/C14H11F2NOS/c1-8-3-2-4-12(16)13(8)17-14(18)10-7-9(19)5-6-11(10)15/h2-7,19H,1H3,(H,17,18). The van der Waals surface area contributed by atoms with Crippen LogP contribution < -0.4 is 5.32 Å². The largest absolute Gasteiger partial charge is 0.319 e. The molecule has 0 saturated heterocycles. The Morgan fingerprint density at radius 1 is 1.16 bits per heavy atom. The lowest BCUT2D eigenvalue weighted by atomic mass is 10.1. The van der Waals surface area contributed by atoms with Gasteiger partial charge < -0.3 is 5.32 Å². The van der Waals surface area contributed by atoms with Crippen LogP contribution in [0.25, 0.3) is 0 Å². The van der Waals surface area contributed by atoms with Gasteiger partial charge in [0.15, 0.2) is 0 Å². The summed E-state index contributed by atoms with van der Waals surface area (Å²) in [5.41, 5.74) is 0.447. The van der Waals surface area contributed by atoms with E-state index in [-0.39, 0.29) is 11.3 Å². The molecule has 0 aliphatic rings. The molecule has 0 aromatic heterocycles. The van der Waals surface area contributed by atoms with Crippen LogP contribution in [-0.2, 0) is 0 Å². The average molecular weight is 279 g/mol. The van der Waals surface area contributed by atoms with E-state index in [1.807, 2.05) is 0 Å². The van der Waals surface area contributed by atoms with Crippen molar-refractivity contribution in [1.82, 2.24) is 0 Å². The van der Waals surface area contributed by atoms with Gasteiger partial charge >= 0.3 is 0 Å². The highest BCUT2D eigenvalue weighted by Gasteiger charge is 2.15. The van der Waals surface area contributed by atoms with Crippen LogP contribution in [0, 0.1) is 18.6 Å². The number of halogens is 2. The maximum atomic E-state index is 13.6. The van der Waals surface area contributed by atoms with Gasteiger partial charge in [-0.25, -0.2) is 8.78 Å². The smallest absolute Gasteiger partial charge is 0.258 e. The molecule has 98 valence electrons. The van der Waals surface area contributed by atoms with Gasteiger partial charge in [-0.2, -0.15) is 0 Å². The summed E-state index contributed by atoms with van der Waals surface area (Å²) in [6.45, 7) is 1.66. The first kappa shape index (κ1) is 13.5. The van der Waals surface area contributed by atoms with Crippen LogP contribution in [0.2, 0.25) is 0 Å². The minimum atomic E-state index is -0.707. The number of hydrogen-bond donors (Lipinski definition) is 2.